The third-order valence-corrected chi connectivity index (χ3v) is 3.75. The van der Waals surface area contributed by atoms with Gasteiger partial charge in [-0.25, -0.2) is 0 Å². The Labute approximate surface area is 127 Å². The van der Waals surface area contributed by atoms with Crippen LogP contribution < -0.4 is 4.90 Å². The molecule has 0 atom stereocenters. The summed E-state index contributed by atoms with van der Waals surface area (Å²) in [5.41, 5.74) is 2.70. The van der Waals surface area contributed by atoms with Gasteiger partial charge in [0.05, 0.1) is 16.8 Å². The Morgan fingerprint density at radius 1 is 1.10 bits per heavy atom. The van der Waals surface area contributed by atoms with Crippen molar-refractivity contribution in [2.75, 3.05) is 18.0 Å². The summed E-state index contributed by atoms with van der Waals surface area (Å²) in [5.74, 6) is 0. The van der Waals surface area contributed by atoms with Crippen molar-refractivity contribution in [1.82, 2.24) is 4.98 Å². The van der Waals surface area contributed by atoms with E-state index in [1.165, 1.54) is 0 Å². The van der Waals surface area contributed by atoms with E-state index in [1.807, 2.05) is 18.2 Å². The van der Waals surface area contributed by atoms with Crippen LogP contribution in [0.5, 0.6) is 0 Å². The van der Waals surface area contributed by atoms with Crippen LogP contribution in [0.2, 0.25) is 0 Å². The molecule has 0 fully saturated rings. The lowest BCUT2D eigenvalue weighted by atomic mass is 10.1. The lowest BCUT2D eigenvalue weighted by Crippen LogP contribution is -2.26. The first-order chi connectivity index (χ1) is 10.3. The number of hydrogen-bond donors (Lipinski definition) is 0. The van der Waals surface area contributed by atoms with Gasteiger partial charge in [-0.05, 0) is 18.9 Å². The van der Waals surface area contributed by atoms with Gasteiger partial charge in [-0.15, -0.1) is 0 Å². The summed E-state index contributed by atoms with van der Waals surface area (Å²) in [7, 11) is 0. The molecule has 3 heteroatoms. The van der Waals surface area contributed by atoms with Gasteiger partial charge in [-0.3, -0.25) is 4.98 Å². The largest absolute Gasteiger partial charge is 0.370 e. The molecule has 0 bridgehead atoms. The van der Waals surface area contributed by atoms with Crippen molar-refractivity contribution in [1.29, 1.82) is 5.26 Å². The number of unbranched alkanes of at least 4 members (excludes halogenated alkanes) is 2. The first-order valence-electron chi connectivity index (χ1n) is 7.84. The molecular formula is C18H23N3. The molecule has 0 N–H and O–H groups in total. The Bertz CT molecular complexity index is 620. The average molecular weight is 281 g/mol. The molecule has 1 heterocycles. The number of benzene rings is 1. The number of fused-ring (bicyclic) bond motifs is 1. The number of anilines is 1. The van der Waals surface area contributed by atoms with E-state index in [4.69, 9.17) is 0 Å². The van der Waals surface area contributed by atoms with Crippen molar-refractivity contribution in [3.8, 4) is 6.07 Å². The van der Waals surface area contributed by atoms with Crippen LogP contribution in [-0.4, -0.2) is 18.1 Å². The van der Waals surface area contributed by atoms with E-state index >= 15 is 0 Å². The SMILES string of the molecule is CCCCN(CCCC)c1c(C#N)cnc2ccccc12. The summed E-state index contributed by atoms with van der Waals surface area (Å²) in [4.78, 5) is 6.78. The van der Waals surface area contributed by atoms with E-state index in [9.17, 15) is 5.26 Å². The van der Waals surface area contributed by atoms with Crippen LogP contribution in [0.15, 0.2) is 30.5 Å². The minimum Gasteiger partial charge on any atom is -0.370 e. The topological polar surface area (TPSA) is 39.9 Å². The van der Waals surface area contributed by atoms with Gasteiger partial charge in [0.25, 0.3) is 0 Å². The Morgan fingerprint density at radius 2 is 1.76 bits per heavy atom. The maximum atomic E-state index is 9.46. The number of nitrogens with zero attached hydrogens (tertiary/aromatic N) is 3. The van der Waals surface area contributed by atoms with Crippen LogP contribution in [0.3, 0.4) is 0 Å². The fourth-order valence-electron chi connectivity index (χ4n) is 2.58. The molecule has 1 aromatic heterocycles. The molecule has 0 spiro atoms. The second-order valence-corrected chi connectivity index (χ2v) is 5.34. The molecule has 110 valence electrons. The number of hydrogen-bond acceptors (Lipinski definition) is 3. The van der Waals surface area contributed by atoms with Crippen molar-refractivity contribution in [2.45, 2.75) is 39.5 Å². The van der Waals surface area contributed by atoms with Crippen molar-refractivity contribution < 1.29 is 0 Å². The van der Waals surface area contributed by atoms with E-state index < -0.39 is 0 Å². The summed E-state index contributed by atoms with van der Waals surface area (Å²) < 4.78 is 0. The highest BCUT2D eigenvalue weighted by molar-refractivity contribution is 5.94. The van der Waals surface area contributed by atoms with Gasteiger partial charge in [-0.2, -0.15) is 5.26 Å². The first kappa shape index (κ1) is 15.3. The van der Waals surface area contributed by atoms with Gasteiger partial charge in [0, 0.05) is 24.7 Å². The molecule has 0 saturated heterocycles. The van der Waals surface area contributed by atoms with Gasteiger partial charge >= 0.3 is 0 Å². The number of pyridine rings is 1. The predicted molar refractivity (Wildman–Crippen MR) is 88.5 cm³/mol. The highest BCUT2D eigenvalue weighted by atomic mass is 15.1. The molecular weight excluding hydrogens is 258 g/mol. The fraction of sp³-hybridized carbons (Fsp3) is 0.444. The number of rotatable bonds is 7. The molecule has 0 amide bonds. The van der Waals surface area contributed by atoms with Crippen molar-refractivity contribution in [3.63, 3.8) is 0 Å². The van der Waals surface area contributed by atoms with Crippen LogP contribution >= 0.6 is 0 Å². The summed E-state index contributed by atoms with van der Waals surface area (Å²) >= 11 is 0. The minimum atomic E-state index is 0.681. The van der Waals surface area contributed by atoms with Crippen molar-refractivity contribution in [2.24, 2.45) is 0 Å². The van der Waals surface area contributed by atoms with Crippen LogP contribution in [0.25, 0.3) is 10.9 Å². The lowest BCUT2D eigenvalue weighted by Gasteiger charge is -2.27. The molecule has 2 aromatic rings. The monoisotopic (exact) mass is 281 g/mol. The molecule has 0 aliphatic carbocycles. The van der Waals surface area contributed by atoms with Gasteiger partial charge in [0.2, 0.25) is 0 Å². The molecule has 0 aliphatic rings. The Morgan fingerprint density at radius 3 is 2.38 bits per heavy atom. The average Bonchev–Trinajstić information content (AvgIpc) is 2.54. The third kappa shape index (κ3) is 3.52. The second kappa shape index (κ2) is 7.64. The third-order valence-electron chi connectivity index (χ3n) is 3.75. The van der Waals surface area contributed by atoms with E-state index in [0.717, 1.165) is 55.4 Å². The highest BCUT2D eigenvalue weighted by Gasteiger charge is 2.15. The lowest BCUT2D eigenvalue weighted by molar-refractivity contribution is 0.679. The summed E-state index contributed by atoms with van der Waals surface area (Å²) in [6, 6.07) is 10.4. The van der Waals surface area contributed by atoms with Crippen LogP contribution in [0, 0.1) is 11.3 Å². The van der Waals surface area contributed by atoms with Crippen LogP contribution in [-0.2, 0) is 0 Å². The first-order valence-corrected chi connectivity index (χ1v) is 7.84. The summed E-state index contributed by atoms with van der Waals surface area (Å²) in [6.07, 6.45) is 6.32. The molecule has 2 rings (SSSR count). The van der Waals surface area contributed by atoms with E-state index in [2.05, 4.69) is 35.9 Å². The Kier molecular flexibility index (Phi) is 5.57. The van der Waals surface area contributed by atoms with Gasteiger partial charge in [0.15, 0.2) is 0 Å². The van der Waals surface area contributed by atoms with Crippen LogP contribution in [0.1, 0.15) is 45.1 Å². The van der Waals surface area contributed by atoms with Gasteiger partial charge < -0.3 is 4.90 Å². The number of para-hydroxylation sites is 1. The number of nitriles is 1. The Hall–Kier alpha value is -2.08. The molecule has 0 saturated carbocycles. The summed E-state index contributed by atoms with van der Waals surface area (Å²) in [6.45, 7) is 6.40. The smallest absolute Gasteiger partial charge is 0.103 e. The molecule has 3 nitrogen and oxygen atoms in total. The molecule has 0 unspecified atom stereocenters. The van der Waals surface area contributed by atoms with Crippen LogP contribution in [0.4, 0.5) is 5.69 Å². The van der Waals surface area contributed by atoms with Crippen molar-refractivity contribution in [3.05, 3.63) is 36.0 Å². The zero-order valence-electron chi connectivity index (χ0n) is 13.0. The highest BCUT2D eigenvalue weighted by Crippen LogP contribution is 2.29. The zero-order chi connectivity index (χ0) is 15.1. The van der Waals surface area contributed by atoms with Gasteiger partial charge in [0.1, 0.15) is 6.07 Å². The van der Waals surface area contributed by atoms with E-state index in [-0.39, 0.29) is 0 Å². The summed E-state index contributed by atoms with van der Waals surface area (Å²) in [5, 5.41) is 10.5. The maximum absolute atomic E-state index is 9.46. The van der Waals surface area contributed by atoms with Crippen molar-refractivity contribution >= 4 is 16.6 Å². The quantitative estimate of drug-likeness (QED) is 0.749. The Balaban J connectivity index is 2.50. The van der Waals surface area contributed by atoms with E-state index in [1.54, 1.807) is 6.20 Å². The minimum absolute atomic E-state index is 0.681. The fourth-order valence-corrected chi connectivity index (χ4v) is 2.58. The molecule has 1 aromatic carbocycles. The maximum Gasteiger partial charge on any atom is 0.103 e. The number of aromatic nitrogens is 1. The van der Waals surface area contributed by atoms with E-state index in [0.29, 0.717) is 5.56 Å². The normalized spacial score (nSPS) is 10.5. The standard InChI is InChI=1S/C18H23N3/c1-3-5-11-21(12-6-4-2)18-15(13-19)14-20-17-10-8-7-9-16(17)18/h7-10,14H,3-6,11-12H2,1-2H3. The van der Waals surface area contributed by atoms with Gasteiger partial charge in [-0.1, -0.05) is 44.9 Å². The molecule has 0 radical (unpaired) electrons. The molecule has 21 heavy (non-hydrogen) atoms. The second-order valence-electron chi connectivity index (χ2n) is 5.34. The predicted octanol–water partition coefficient (Wildman–Crippen LogP) is 4.51. The zero-order valence-corrected chi connectivity index (χ0v) is 13.0. The molecule has 0 aliphatic heterocycles.